The van der Waals surface area contributed by atoms with E-state index in [-0.39, 0.29) is 18.1 Å². The highest BCUT2D eigenvalue weighted by atomic mass is 16.6. The van der Waals surface area contributed by atoms with Gasteiger partial charge >= 0.3 is 0 Å². The topological polar surface area (TPSA) is 86.6 Å². The third-order valence-electron chi connectivity index (χ3n) is 5.25. The maximum Gasteiger partial charge on any atom is 0.170 e. The van der Waals surface area contributed by atoms with Crippen LogP contribution in [0.15, 0.2) is 54.6 Å². The highest BCUT2D eigenvalue weighted by Gasteiger charge is 2.34. The number of para-hydroxylation sites is 2. The molecule has 0 radical (unpaired) electrons. The van der Waals surface area contributed by atoms with Crippen molar-refractivity contribution in [3.05, 3.63) is 60.2 Å². The minimum atomic E-state index is -0.776. The van der Waals surface area contributed by atoms with Gasteiger partial charge in [-0.2, -0.15) is 0 Å². The molecule has 0 amide bonds. The van der Waals surface area contributed by atoms with Crippen molar-refractivity contribution in [2.45, 2.75) is 12.2 Å². The van der Waals surface area contributed by atoms with E-state index in [2.05, 4.69) is 0 Å². The minimum absolute atomic E-state index is 0.00329. The Morgan fingerprint density at radius 2 is 1.35 bits per heavy atom. The lowest BCUT2D eigenvalue weighted by Crippen LogP contribution is -2.34. The molecule has 0 fully saturated rings. The largest absolute Gasteiger partial charge is 0.504 e. The first-order valence-corrected chi connectivity index (χ1v) is 9.76. The van der Waals surface area contributed by atoms with Crippen LogP contribution in [0.25, 0.3) is 11.1 Å². The van der Waals surface area contributed by atoms with E-state index in [0.717, 1.165) is 11.1 Å². The third-order valence-corrected chi connectivity index (χ3v) is 5.25. The lowest BCUT2D eigenvalue weighted by Gasteiger charge is -2.33. The molecule has 3 aromatic carbocycles. The highest BCUT2D eigenvalue weighted by Crippen LogP contribution is 2.49. The lowest BCUT2D eigenvalue weighted by atomic mass is 9.98. The van der Waals surface area contributed by atoms with E-state index < -0.39 is 12.2 Å². The van der Waals surface area contributed by atoms with E-state index in [0.29, 0.717) is 28.6 Å². The van der Waals surface area contributed by atoms with Gasteiger partial charge in [0.2, 0.25) is 0 Å². The number of methoxy groups -OCH3 is 3. The first kappa shape index (κ1) is 20.7. The lowest BCUT2D eigenvalue weighted by molar-refractivity contribution is 0.0108. The molecule has 0 saturated carbocycles. The molecule has 0 aromatic heterocycles. The molecule has 31 heavy (non-hydrogen) atoms. The average molecular weight is 424 g/mol. The van der Waals surface area contributed by atoms with Gasteiger partial charge in [0, 0.05) is 16.7 Å². The molecule has 2 N–H and O–H groups in total. The minimum Gasteiger partial charge on any atom is -0.504 e. The number of phenols is 1. The third kappa shape index (κ3) is 3.68. The first-order chi connectivity index (χ1) is 15.1. The van der Waals surface area contributed by atoms with E-state index in [1.807, 2.05) is 30.3 Å². The van der Waals surface area contributed by atoms with Crippen LogP contribution in [0.4, 0.5) is 0 Å². The quantitative estimate of drug-likeness (QED) is 0.641. The fourth-order valence-corrected chi connectivity index (χ4v) is 3.72. The van der Waals surface area contributed by atoms with Crippen molar-refractivity contribution < 1.29 is 33.9 Å². The average Bonchev–Trinajstić information content (AvgIpc) is 2.80. The van der Waals surface area contributed by atoms with Crippen molar-refractivity contribution in [2.75, 3.05) is 27.9 Å². The number of phenolic OH excluding ortho intramolecular Hbond substituents is 1. The molecule has 3 aromatic rings. The zero-order valence-corrected chi connectivity index (χ0v) is 17.5. The van der Waals surface area contributed by atoms with Crippen LogP contribution in [0, 0.1) is 0 Å². The number of aliphatic hydroxyl groups excluding tert-OH is 1. The van der Waals surface area contributed by atoms with Gasteiger partial charge < -0.3 is 33.9 Å². The van der Waals surface area contributed by atoms with Crippen LogP contribution in [-0.4, -0.2) is 44.3 Å². The van der Waals surface area contributed by atoms with Crippen LogP contribution in [0.3, 0.4) is 0 Å². The van der Waals surface area contributed by atoms with E-state index in [1.165, 1.54) is 13.2 Å². The molecular weight excluding hydrogens is 400 g/mol. The summed E-state index contributed by atoms with van der Waals surface area (Å²) in [7, 11) is 4.61. The number of aromatic hydroxyl groups is 1. The summed E-state index contributed by atoms with van der Waals surface area (Å²) in [5.41, 5.74) is 2.18. The number of ether oxygens (including phenoxy) is 5. The van der Waals surface area contributed by atoms with E-state index in [4.69, 9.17) is 23.7 Å². The predicted octanol–water partition coefficient (Wildman–Crippen LogP) is 3.96. The van der Waals surface area contributed by atoms with Gasteiger partial charge in [-0.05, 0) is 24.3 Å². The van der Waals surface area contributed by atoms with Crippen LogP contribution in [0.5, 0.6) is 34.5 Å². The Morgan fingerprint density at radius 1 is 0.774 bits per heavy atom. The predicted molar refractivity (Wildman–Crippen MR) is 115 cm³/mol. The van der Waals surface area contributed by atoms with Gasteiger partial charge in [-0.3, -0.25) is 0 Å². The summed E-state index contributed by atoms with van der Waals surface area (Å²) in [6.07, 6.45) is -1.50. The summed E-state index contributed by atoms with van der Waals surface area (Å²) in [5.74, 6) is 2.38. The van der Waals surface area contributed by atoms with Crippen LogP contribution in [0.2, 0.25) is 0 Å². The van der Waals surface area contributed by atoms with Crippen molar-refractivity contribution >= 4 is 0 Å². The molecule has 162 valence electrons. The number of benzene rings is 3. The Morgan fingerprint density at radius 3 is 1.90 bits per heavy atom. The molecule has 4 rings (SSSR count). The van der Waals surface area contributed by atoms with Gasteiger partial charge in [0.25, 0.3) is 0 Å². The Kier molecular flexibility index (Phi) is 5.77. The molecule has 2 atom stereocenters. The normalized spacial score (nSPS) is 17.2. The zero-order valence-electron chi connectivity index (χ0n) is 17.5. The summed E-state index contributed by atoms with van der Waals surface area (Å²) in [6, 6.07) is 16.0. The Hall–Kier alpha value is -3.58. The number of rotatable bonds is 5. The number of fused-ring (bicyclic) bond motifs is 3. The SMILES string of the molecule is COc1cc([C@@H]2Oc3c(OC)cccc3-c3cccc(OC)c3O[C@@H]2CO)ccc1O. The maximum atomic E-state index is 10.2. The molecule has 0 spiro atoms. The van der Waals surface area contributed by atoms with Crippen molar-refractivity contribution in [3.8, 4) is 45.6 Å². The van der Waals surface area contributed by atoms with Crippen LogP contribution < -0.4 is 23.7 Å². The second-order valence-corrected chi connectivity index (χ2v) is 6.98. The summed E-state index contributed by atoms with van der Waals surface area (Å²) >= 11 is 0. The van der Waals surface area contributed by atoms with Crippen LogP contribution in [-0.2, 0) is 0 Å². The Bertz CT molecular complexity index is 1080. The van der Waals surface area contributed by atoms with Crippen molar-refractivity contribution in [2.24, 2.45) is 0 Å². The molecule has 7 nitrogen and oxygen atoms in total. The standard InChI is InChI=1S/C24H24O7/c1-27-18-8-4-6-15-16-7-5-9-19(28-2)24(16)31-22(21(13-25)30-23(15)18)14-10-11-17(26)20(12-14)29-3/h4-12,21-22,25-26H,13H2,1-3H3/t21-,22+/m1/s1. The molecule has 7 heteroatoms. The van der Waals surface area contributed by atoms with Gasteiger partial charge in [-0.25, -0.2) is 0 Å². The van der Waals surface area contributed by atoms with Gasteiger partial charge in [0.15, 0.2) is 46.7 Å². The summed E-state index contributed by atoms with van der Waals surface area (Å²) in [4.78, 5) is 0. The monoisotopic (exact) mass is 424 g/mol. The molecule has 0 unspecified atom stereocenters. The van der Waals surface area contributed by atoms with Crippen molar-refractivity contribution in [3.63, 3.8) is 0 Å². The molecule has 1 aliphatic heterocycles. The number of aliphatic hydroxyl groups is 1. The van der Waals surface area contributed by atoms with Crippen molar-refractivity contribution in [1.29, 1.82) is 0 Å². The van der Waals surface area contributed by atoms with Crippen LogP contribution >= 0.6 is 0 Å². The Balaban J connectivity index is 1.95. The molecule has 1 heterocycles. The maximum absolute atomic E-state index is 10.2. The number of hydrogen-bond donors (Lipinski definition) is 2. The summed E-state index contributed by atoms with van der Waals surface area (Å²) in [6.45, 7) is -0.324. The van der Waals surface area contributed by atoms with Gasteiger partial charge in [-0.1, -0.05) is 30.3 Å². The van der Waals surface area contributed by atoms with Gasteiger partial charge in [0.1, 0.15) is 0 Å². The fourth-order valence-electron chi connectivity index (χ4n) is 3.72. The molecule has 1 aliphatic rings. The smallest absolute Gasteiger partial charge is 0.170 e. The first-order valence-electron chi connectivity index (χ1n) is 9.76. The second-order valence-electron chi connectivity index (χ2n) is 6.98. The van der Waals surface area contributed by atoms with E-state index in [1.54, 1.807) is 32.4 Å². The molecule has 0 aliphatic carbocycles. The second kappa shape index (κ2) is 8.65. The molecule has 0 bridgehead atoms. The van der Waals surface area contributed by atoms with Gasteiger partial charge in [-0.15, -0.1) is 0 Å². The van der Waals surface area contributed by atoms with Crippen LogP contribution in [0.1, 0.15) is 11.7 Å². The van der Waals surface area contributed by atoms with E-state index >= 15 is 0 Å². The number of hydrogen-bond acceptors (Lipinski definition) is 7. The Labute approximate surface area is 180 Å². The molecule has 0 saturated heterocycles. The zero-order chi connectivity index (χ0) is 22.0. The summed E-state index contributed by atoms with van der Waals surface area (Å²) in [5, 5.41) is 20.2. The van der Waals surface area contributed by atoms with E-state index in [9.17, 15) is 10.2 Å². The summed E-state index contributed by atoms with van der Waals surface area (Å²) < 4.78 is 29.1. The van der Waals surface area contributed by atoms with Gasteiger partial charge in [0.05, 0.1) is 27.9 Å². The highest BCUT2D eigenvalue weighted by molar-refractivity contribution is 5.81. The fraction of sp³-hybridized carbons (Fsp3) is 0.250. The van der Waals surface area contributed by atoms with Crippen molar-refractivity contribution in [1.82, 2.24) is 0 Å². The molecular formula is C24H24O7.